The largest absolute Gasteiger partial charge is 0.342 e. The van der Waals surface area contributed by atoms with Crippen molar-refractivity contribution in [3.63, 3.8) is 0 Å². The van der Waals surface area contributed by atoms with Crippen LogP contribution in [0.1, 0.15) is 51.1 Å². The average molecular weight is 335 g/mol. The molecule has 1 fully saturated rings. The lowest BCUT2D eigenvalue weighted by Gasteiger charge is -2.36. The number of nitrogens with one attached hydrogen (secondary N) is 1. The van der Waals surface area contributed by atoms with Gasteiger partial charge in [-0.1, -0.05) is 25.8 Å². The van der Waals surface area contributed by atoms with E-state index in [1.165, 1.54) is 0 Å². The van der Waals surface area contributed by atoms with E-state index in [0.717, 1.165) is 37.9 Å². The van der Waals surface area contributed by atoms with E-state index < -0.39 is 5.67 Å². The van der Waals surface area contributed by atoms with Gasteiger partial charge in [0.05, 0.1) is 0 Å². The second-order valence-electron chi connectivity index (χ2n) is 6.74. The monoisotopic (exact) mass is 335 g/mol. The van der Waals surface area contributed by atoms with Crippen molar-refractivity contribution in [2.45, 2.75) is 57.5 Å². The molecule has 1 aromatic heterocycles. The van der Waals surface area contributed by atoms with Crippen molar-refractivity contribution in [1.29, 1.82) is 0 Å². The fourth-order valence-electron chi connectivity index (χ4n) is 3.09. The molecule has 0 bridgehead atoms. The molecule has 1 aliphatic rings. The minimum absolute atomic E-state index is 0.189. The van der Waals surface area contributed by atoms with Gasteiger partial charge in [0.2, 0.25) is 5.91 Å². The molecule has 1 aliphatic heterocycles. The van der Waals surface area contributed by atoms with E-state index in [-0.39, 0.29) is 5.91 Å². The van der Waals surface area contributed by atoms with Crippen molar-refractivity contribution in [3.8, 4) is 0 Å². The number of hydrogen-bond donors (Lipinski definition) is 1. The number of carbonyl (C=O) groups is 1. The first-order chi connectivity index (χ1) is 11.6. The number of halogens is 1. The highest BCUT2D eigenvalue weighted by Gasteiger charge is 2.35. The van der Waals surface area contributed by atoms with Crippen molar-refractivity contribution >= 4 is 5.91 Å². The summed E-state index contributed by atoms with van der Waals surface area (Å²) >= 11 is 0. The van der Waals surface area contributed by atoms with Crippen molar-refractivity contribution in [1.82, 2.24) is 15.2 Å². The van der Waals surface area contributed by atoms with Crippen molar-refractivity contribution < 1.29 is 9.18 Å². The molecule has 2 heterocycles. The van der Waals surface area contributed by atoms with Crippen LogP contribution in [0.15, 0.2) is 24.4 Å². The minimum Gasteiger partial charge on any atom is -0.342 e. The lowest BCUT2D eigenvalue weighted by molar-refractivity contribution is -0.133. The van der Waals surface area contributed by atoms with E-state index >= 15 is 0 Å². The zero-order valence-corrected chi connectivity index (χ0v) is 14.8. The van der Waals surface area contributed by atoms with Crippen molar-refractivity contribution in [2.24, 2.45) is 0 Å². The zero-order valence-electron chi connectivity index (χ0n) is 14.8. The maximum absolute atomic E-state index is 14.8. The topological polar surface area (TPSA) is 45.2 Å². The van der Waals surface area contributed by atoms with Gasteiger partial charge in [0.15, 0.2) is 0 Å². The molecular weight excluding hydrogens is 305 g/mol. The number of nitrogens with zero attached hydrogens (tertiary/aromatic N) is 2. The summed E-state index contributed by atoms with van der Waals surface area (Å²) in [5, 5.41) is 3.21. The number of carbonyl (C=O) groups excluding carboxylic acids is 1. The lowest BCUT2D eigenvalue weighted by atomic mass is 9.93. The van der Waals surface area contributed by atoms with Crippen LogP contribution in [0.2, 0.25) is 0 Å². The Morgan fingerprint density at radius 2 is 2.12 bits per heavy atom. The van der Waals surface area contributed by atoms with E-state index in [1.54, 1.807) is 6.20 Å². The molecule has 0 aliphatic carbocycles. The fraction of sp³-hybridized carbons (Fsp3) is 0.684. The number of piperidine rings is 1. The molecular formula is C19H30FN3O. The second-order valence-corrected chi connectivity index (χ2v) is 6.74. The summed E-state index contributed by atoms with van der Waals surface area (Å²) in [5.41, 5.74) is -0.171. The highest BCUT2D eigenvalue weighted by molar-refractivity contribution is 5.76. The maximum atomic E-state index is 14.8. The highest BCUT2D eigenvalue weighted by Crippen LogP contribution is 2.26. The van der Waals surface area contributed by atoms with Crippen LogP contribution in [0.4, 0.5) is 4.39 Å². The van der Waals surface area contributed by atoms with Gasteiger partial charge in [-0.25, -0.2) is 4.39 Å². The first-order valence-corrected chi connectivity index (χ1v) is 9.20. The number of likely N-dealkylation sites (tertiary alicyclic amines) is 1. The van der Waals surface area contributed by atoms with Gasteiger partial charge in [0.1, 0.15) is 5.67 Å². The molecule has 0 unspecified atom stereocenters. The molecule has 2 rings (SSSR count). The van der Waals surface area contributed by atoms with E-state index in [2.05, 4.69) is 17.2 Å². The molecule has 1 saturated heterocycles. The van der Waals surface area contributed by atoms with E-state index in [0.29, 0.717) is 38.9 Å². The predicted molar refractivity (Wildman–Crippen MR) is 94.6 cm³/mol. The first kappa shape index (κ1) is 18.8. The predicted octanol–water partition coefficient (Wildman–Crippen LogP) is 3.12. The average Bonchev–Trinajstić information content (AvgIpc) is 2.60. The summed E-state index contributed by atoms with van der Waals surface area (Å²) in [7, 11) is 0. The molecule has 134 valence electrons. The van der Waals surface area contributed by atoms with Gasteiger partial charge in [0.25, 0.3) is 0 Å². The Morgan fingerprint density at radius 1 is 1.33 bits per heavy atom. The zero-order chi connectivity index (χ0) is 17.3. The van der Waals surface area contributed by atoms with Gasteiger partial charge < -0.3 is 10.2 Å². The second kappa shape index (κ2) is 9.72. The summed E-state index contributed by atoms with van der Waals surface area (Å²) < 4.78 is 14.8. The molecule has 0 saturated carbocycles. The summed E-state index contributed by atoms with van der Waals surface area (Å²) in [6.07, 6.45) is 7.21. The summed E-state index contributed by atoms with van der Waals surface area (Å²) in [6.45, 7) is 4.30. The number of pyridine rings is 1. The van der Waals surface area contributed by atoms with Gasteiger partial charge in [-0.2, -0.15) is 0 Å². The van der Waals surface area contributed by atoms with E-state index in [1.807, 2.05) is 23.1 Å². The molecule has 0 atom stereocenters. The van der Waals surface area contributed by atoms with Crippen LogP contribution in [-0.4, -0.2) is 47.6 Å². The Morgan fingerprint density at radius 3 is 2.79 bits per heavy atom. The third-order valence-electron chi connectivity index (χ3n) is 4.73. The SMILES string of the molecule is CCCCCC(=O)N1CCC(F)(CNCCc2ccccn2)CC1. The fourth-order valence-corrected chi connectivity index (χ4v) is 3.09. The molecule has 1 aromatic rings. The maximum Gasteiger partial charge on any atom is 0.222 e. The summed E-state index contributed by atoms with van der Waals surface area (Å²) in [4.78, 5) is 18.2. The quantitative estimate of drug-likeness (QED) is 0.705. The summed E-state index contributed by atoms with van der Waals surface area (Å²) in [5.74, 6) is 0.189. The van der Waals surface area contributed by atoms with Crippen LogP contribution >= 0.6 is 0 Å². The molecule has 0 spiro atoms. The van der Waals surface area contributed by atoms with Gasteiger partial charge in [0, 0.05) is 63.8 Å². The smallest absolute Gasteiger partial charge is 0.222 e. The summed E-state index contributed by atoms with van der Waals surface area (Å²) in [6, 6.07) is 5.84. The van der Waals surface area contributed by atoms with Gasteiger partial charge in [-0.15, -0.1) is 0 Å². The molecule has 1 N–H and O–H groups in total. The number of amides is 1. The van der Waals surface area contributed by atoms with Crippen LogP contribution in [0.25, 0.3) is 0 Å². The van der Waals surface area contributed by atoms with Crippen molar-refractivity contribution in [3.05, 3.63) is 30.1 Å². The van der Waals surface area contributed by atoms with E-state index in [4.69, 9.17) is 0 Å². The number of rotatable bonds is 9. The van der Waals surface area contributed by atoms with Gasteiger partial charge >= 0.3 is 0 Å². The Kier molecular flexibility index (Phi) is 7.63. The third kappa shape index (κ3) is 6.19. The number of hydrogen-bond acceptors (Lipinski definition) is 3. The standard InChI is InChI=1S/C19H30FN3O/c1-2-3-4-8-18(24)23-14-10-19(20,11-15-23)16-21-13-9-17-7-5-6-12-22-17/h5-7,12,21H,2-4,8-11,13-16H2,1H3. The first-order valence-electron chi connectivity index (χ1n) is 9.20. The molecule has 24 heavy (non-hydrogen) atoms. The van der Waals surface area contributed by atoms with E-state index in [9.17, 15) is 9.18 Å². The van der Waals surface area contributed by atoms with Crippen LogP contribution in [-0.2, 0) is 11.2 Å². The van der Waals surface area contributed by atoms with Crippen LogP contribution < -0.4 is 5.32 Å². The number of unbranched alkanes of at least 4 members (excludes halogenated alkanes) is 2. The van der Waals surface area contributed by atoms with Gasteiger partial charge in [-0.05, 0) is 18.6 Å². The number of aromatic nitrogens is 1. The van der Waals surface area contributed by atoms with Crippen LogP contribution in [0, 0.1) is 0 Å². The Labute approximate surface area is 144 Å². The molecule has 0 radical (unpaired) electrons. The Hall–Kier alpha value is -1.49. The Balaban J connectivity index is 1.63. The minimum atomic E-state index is -1.19. The molecule has 4 nitrogen and oxygen atoms in total. The Bertz CT molecular complexity index is 487. The van der Waals surface area contributed by atoms with Crippen molar-refractivity contribution in [2.75, 3.05) is 26.2 Å². The highest BCUT2D eigenvalue weighted by atomic mass is 19.1. The third-order valence-corrected chi connectivity index (χ3v) is 4.73. The molecule has 1 amide bonds. The lowest BCUT2D eigenvalue weighted by Crippen LogP contribution is -2.49. The van der Waals surface area contributed by atoms with Crippen LogP contribution in [0.5, 0.6) is 0 Å². The molecule has 0 aromatic carbocycles. The number of alkyl halides is 1. The molecule has 5 heteroatoms. The normalized spacial score (nSPS) is 17.0. The van der Waals surface area contributed by atoms with Gasteiger partial charge in [-0.3, -0.25) is 9.78 Å². The van der Waals surface area contributed by atoms with Crippen LogP contribution in [0.3, 0.4) is 0 Å².